The van der Waals surface area contributed by atoms with Gasteiger partial charge in [-0.05, 0) is 43.2 Å². The van der Waals surface area contributed by atoms with E-state index in [1.807, 2.05) is 24.3 Å². The molecular formula is C21H17N3O4S. The largest absolute Gasteiger partial charge is 0.376 e. The number of imide groups is 1. The van der Waals surface area contributed by atoms with Crippen LogP contribution >= 0.6 is 11.3 Å². The molecule has 8 heteroatoms. The minimum Gasteiger partial charge on any atom is -0.376 e. The number of hydrogen-bond donors (Lipinski definition) is 1. The van der Waals surface area contributed by atoms with E-state index >= 15 is 0 Å². The lowest BCUT2D eigenvalue weighted by molar-refractivity contribution is 0.0475. The summed E-state index contributed by atoms with van der Waals surface area (Å²) in [5.74, 6) is -1.08. The van der Waals surface area contributed by atoms with Gasteiger partial charge in [0.25, 0.3) is 17.7 Å². The summed E-state index contributed by atoms with van der Waals surface area (Å²) in [5, 5.41) is 3.26. The summed E-state index contributed by atoms with van der Waals surface area (Å²) in [4.78, 5) is 43.6. The minimum absolute atomic E-state index is 0.112. The Hall–Kier alpha value is -3.10. The molecule has 3 aromatic rings. The van der Waals surface area contributed by atoms with Crippen LogP contribution in [0.3, 0.4) is 0 Å². The lowest BCUT2D eigenvalue weighted by Crippen LogP contribution is -2.36. The van der Waals surface area contributed by atoms with E-state index in [4.69, 9.17) is 4.74 Å². The Morgan fingerprint density at radius 3 is 2.79 bits per heavy atom. The SMILES string of the molecule is O=C(Nc1nc2ccccc2s1)c1ccc2c(c1)C(=O)N(C[C@H]1CCCO1)C2=O. The van der Waals surface area contributed by atoms with Crippen LogP contribution < -0.4 is 5.32 Å². The standard InChI is InChI=1S/C21H17N3O4S/c25-18(23-21-22-16-5-1-2-6-17(16)29-21)12-7-8-14-15(10-12)20(27)24(19(14)26)11-13-4-3-9-28-13/h1-2,5-8,10,13H,3-4,9,11H2,(H,22,23,25)/t13-/m1/s1. The molecule has 0 bridgehead atoms. The molecule has 1 saturated heterocycles. The average Bonchev–Trinajstić information content (AvgIpc) is 3.43. The molecule has 0 unspecified atom stereocenters. The first-order valence-electron chi connectivity index (χ1n) is 9.39. The fraction of sp³-hybridized carbons (Fsp3) is 0.238. The summed E-state index contributed by atoms with van der Waals surface area (Å²) >= 11 is 1.38. The summed E-state index contributed by atoms with van der Waals surface area (Å²) < 4.78 is 6.52. The minimum atomic E-state index is -0.380. The number of amides is 3. The number of nitrogens with zero attached hydrogens (tertiary/aromatic N) is 2. The highest BCUT2D eigenvalue weighted by molar-refractivity contribution is 7.22. The number of anilines is 1. The number of thiazole rings is 1. The smallest absolute Gasteiger partial charge is 0.261 e. The maximum atomic E-state index is 12.8. The number of benzene rings is 2. The number of aromatic nitrogens is 1. The summed E-state index contributed by atoms with van der Waals surface area (Å²) in [5.41, 5.74) is 1.70. The number of hydrogen-bond acceptors (Lipinski definition) is 6. The van der Waals surface area contributed by atoms with E-state index in [9.17, 15) is 14.4 Å². The first kappa shape index (κ1) is 18.0. The van der Waals surface area contributed by atoms with Crippen molar-refractivity contribution in [2.75, 3.05) is 18.5 Å². The highest BCUT2D eigenvalue weighted by atomic mass is 32.1. The second kappa shape index (κ2) is 7.06. The van der Waals surface area contributed by atoms with Crippen molar-refractivity contribution in [1.29, 1.82) is 0 Å². The average molecular weight is 407 g/mol. The fourth-order valence-corrected chi connectivity index (χ4v) is 4.55. The molecule has 1 fully saturated rings. The van der Waals surface area contributed by atoms with Crippen LogP contribution in [0.5, 0.6) is 0 Å². The molecule has 3 heterocycles. The van der Waals surface area contributed by atoms with Crippen LogP contribution in [-0.4, -0.2) is 46.9 Å². The van der Waals surface area contributed by atoms with Gasteiger partial charge in [0.05, 0.1) is 34.0 Å². The van der Waals surface area contributed by atoms with Crippen molar-refractivity contribution in [3.63, 3.8) is 0 Å². The van der Waals surface area contributed by atoms with Crippen LogP contribution in [0, 0.1) is 0 Å². The van der Waals surface area contributed by atoms with E-state index in [1.165, 1.54) is 22.3 Å². The molecule has 1 N–H and O–H groups in total. The van der Waals surface area contributed by atoms with E-state index in [1.54, 1.807) is 12.1 Å². The predicted molar refractivity (Wildman–Crippen MR) is 108 cm³/mol. The van der Waals surface area contributed by atoms with Crippen molar-refractivity contribution < 1.29 is 19.1 Å². The quantitative estimate of drug-likeness (QED) is 0.670. The Bertz CT molecular complexity index is 1120. The molecule has 1 aromatic heterocycles. The molecule has 5 rings (SSSR count). The number of fused-ring (bicyclic) bond motifs is 2. The summed E-state index contributed by atoms with van der Waals surface area (Å²) in [7, 11) is 0. The number of carbonyl (C=O) groups is 3. The normalized spacial score (nSPS) is 18.5. The topological polar surface area (TPSA) is 88.6 Å². The first-order chi connectivity index (χ1) is 14.1. The molecule has 146 valence electrons. The Morgan fingerprint density at radius 2 is 2.00 bits per heavy atom. The van der Waals surface area contributed by atoms with Gasteiger partial charge in [0.15, 0.2) is 5.13 Å². The van der Waals surface area contributed by atoms with E-state index in [2.05, 4.69) is 10.3 Å². The number of nitrogens with one attached hydrogen (secondary N) is 1. The van der Waals surface area contributed by atoms with Crippen LogP contribution in [-0.2, 0) is 4.74 Å². The van der Waals surface area contributed by atoms with Gasteiger partial charge in [0.1, 0.15) is 0 Å². The molecule has 29 heavy (non-hydrogen) atoms. The van der Waals surface area contributed by atoms with E-state index in [0.29, 0.717) is 22.9 Å². The highest BCUT2D eigenvalue weighted by Crippen LogP contribution is 2.28. The zero-order valence-corrected chi connectivity index (χ0v) is 16.2. The van der Waals surface area contributed by atoms with Gasteiger partial charge in [-0.15, -0.1) is 0 Å². The van der Waals surface area contributed by atoms with Crippen molar-refractivity contribution in [3.05, 3.63) is 59.2 Å². The van der Waals surface area contributed by atoms with Gasteiger partial charge in [-0.25, -0.2) is 4.98 Å². The molecular weight excluding hydrogens is 390 g/mol. The molecule has 0 radical (unpaired) electrons. The van der Waals surface area contributed by atoms with E-state index in [-0.39, 0.29) is 35.9 Å². The maximum absolute atomic E-state index is 12.8. The van der Waals surface area contributed by atoms with E-state index < -0.39 is 0 Å². The first-order valence-corrected chi connectivity index (χ1v) is 10.2. The zero-order chi connectivity index (χ0) is 20.0. The third kappa shape index (κ3) is 3.20. The lowest BCUT2D eigenvalue weighted by atomic mass is 10.1. The second-order valence-corrected chi connectivity index (χ2v) is 8.09. The van der Waals surface area contributed by atoms with Crippen LogP contribution in [0.15, 0.2) is 42.5 Å². The third-order valence-electron chi connectivity index (χ3n) is 5.16. The second-order valence-electron chi connectivity index (χ2n) is 7.06. The molecule has 2 aromatic carbocycles. The van der Waals surface area contributed by atoms with Crippen LogP contribution in [0.25, 0.3) is 10.2 Å². The van der Waals surface area contributed by atoms with E-state index in [0.717, 1.165) is 23.1 Å². The van der Waals surface area contributed by atoms with Gasteiger partial charge in [0.2, 0.25) is 0 Å². The molecule has 2 aliphatic rings. The zero-order valence-electron chi connectivity index (χ0n) is 15.4. The summed E-state index contributed by atoms with van der Waals surface area (Å²) in [6.45, 7) is 0.906. The summed E-state index contributed by atoms with van der Waals surface area (Å²) in [6.07, 6.45) is 1.66. The molecule has 3 amide bonds. The maximum Gasteiger partial charge on any atom is 0.261 e. The fourth-order valence-electron chi connectivity index (χ4n) is 3.68. The highest BCUT2D eigenvalue weighted by Gasteiger charge is 2.38. The van der Waals surface area contributed by atoms with Crippen molar-refractivity contribution >= 4 is 44.4 Å². The van der Waals surface area contributed by atoms with Crippen LogP contribution in [0.2, 0.25) is 0 Å². The lowest BCUT2D eigenvalue weighted by Gasteiger charge is -2.17. The molecule has 7 nitrogen and oxygen atoms in total. The van der Waals surface area contributed by atoms with Gasteiger partial charge in [-0.3, -0.25) is 24.6 Å². The Morgan fingerprint density at radius 1 is 1.17 bits per heavy atom. The number of para-hydroxylation sites is 1. The predicted octanol–water partition coefficient (Wildman–Crippen LogP) is 3.32. The molecule has 1 atom stereocenters. The Kier molecular flexibility index (Phi) is 4.37. The van der Waals surface area contributed by atoms with Crippen molar-refractivity contribution in [2.45, 2.75) is 18.9 Å². The van der Waals surface area contributed by atoms with Crippen molar-refractivity contribution in [2.24, 2.45) is 0 Å². The summed E-state index contributed by atoms with van der Waals surface area (Å²) in [6, 6.07) is 12.2. The van der Waals surface area contributed by atoms with Gasteiger partial charge < -0.3 is 4.74 Å². The van der Waals surface area contributed by atoms with Gasteiger partial charge in [-0.2, -0.15) is 0 Å². The molecule has 0 aliphatic carbocycles. The molecule has 0 spiro atoms. The van der Waals surface area contributed by atoms with Crippen molar-refractivity contribution in [3.8, 4) is 0 Å². The molecule has 2 aliphatic heterocycles. The monoisotopic (exact) mass is 407 g/mol. The number of carbonyl (C=O) groups excluding carboxylic acids is 3. The van der Waals surface area contributed by atoms with Gasteiger partial charge in [-0.1, -0.05) is 23.5 Å². The molecule has 0 saturated carbocycles. The Balaban J connectivity index is 1.36. The Labute approximate surface area is 170 Å². The van der Waals surface area contributed by atoms with Crippen LogP contribution in [0.1, 0.15) is 43.9 Å². The third-order valence-corrected chi connectivity index (χ3v) is 6.11. The number of ether oxygens (including phenoxy) is 1. The van der Waals surface area contributed by atoms with Crippen molar-refractivity contribution in [1.82, 2.24) is 9.88 Å². The number of rotatable bonds is 4. The van der Waals surface area contributed by atoms with Gasteiger partial charge in [0, 0.05) is 12.2 Å². The van der Waals surface area contributed by atoms with Crippen LogP contribution in [0.4, 0.5) is 5.13 Å². The van der Waals surface area contributed by atoms with Gasteiger partial charge >= 0.3 is 0 Å².